The second-order valence-electron chi connectivity index (χ2n) is 6.95. The van der Waals surface area contributed by atoms with Crippen LogP contribution >= 0.6 is 0 Å². The molecule has 2 aliphatic rings. The van der Waals surface area contributed by atoms with E-state index in [9.17, 15) is 4.79 Å². The average molecular weight is 368 g/mol. The summed E-state index contributed by atoms with van der Waals surface area (Å²) in [6.07, 6.45) is 3.63. The molecule has 2 fully saturated rings. The van der Waals surface area contributed by atoms with Gasteiger partial charge in [0.1, 0.15) is 0 Å². The predicted octanol–water partition coefficient (Wildman–Crippen LogP) is 1.39. The fourth-order valence-corrected chi connectivity index (χ4v) is 3.78. The minimum absolute atomic E-state index is 0.0293. The van der Waals surface area contributed by atoms with Crippen LogP contribution in [-0.4, -0.2) is 48.7 Å². The number of carbonyl (C=O) groups is 1. The van der Waals surface area contributed by atoms with Gasteiger partial charge in [-0.15, -0.1) is 0 Å². The van der Waals surface area contributed by atoms with Crippen molar-refractivity contribution >= 4 is 29.0 Å². The number of piperazine rings is 1. The van der Waals surface area contributed by atoms with Gasteiger partial charge in [-0.25, -0.2) is 4.98 Å². The molecule has 1 aromatic carbocycles. The van der Waals surface area contributed by atoms with Crippen LogP contribution in [0.5, 0.6) is 0 Å². The number of nitrogen functional groups attached to an aromatic ring is 2. The molecule has 0 unspecified atom stereocenters. The van der Waals surface area contributed by atoms with Crippen LogP contribution in [-0.2, 0) is 9.53 Å². The smallest absolute Gasteiger partial charge is 0.246 e. The Morgan fingerprint density at radius 1 is 1.15 bits per heavy atom. The fourth-order valence-electron chi connectivity index (χ4n) is 3.78. The molecule has 0 aliphatic carbocycles. The first-order chi connectivity index (χ1) is 13.1. The molecule has 27 heavy (non-hydrogen) atoms. The van der Waals surface area contributed by atoms with Crippen molar-refractivity contribution in [2.45, 2.75) is 18.8 Å². The number of hydrogen-bond donors (Lipinski definition) is 2. The number of hydrogen-bond acceptors (Lipinski definition) is 7. The number of anilines is 4. The van der Waals surface area contributed by atoms with Gasteiger partial charge in [0.2, 0.25) is 11.9 Å². The molecule has 0 atom stereocenters. The van der Waals surface area contributed by atoms with E-state index in [2.05, 4.69) is 22.1 Å². The van der Waals surface area contributed by atoms with E-state index in [0.29, 0.717) is 30.5 Å². The predicted molar refractivity (Wildman–Crippen MR) is 105 cm³/mol. The molecule has 0 bridgehead atoms. The molecule has 2 aromatic rings. The summed E-state index contributed by atoms with van der Waals surface area (Å²) in [6, 6.07) is 8.32. The van der Waals surface area contributed by atoms with Crippen LogP contribution in [0.1, 0.15) is 24.3 Å². The summed E-state index contributed by atoms with van der Waals surface area (Å²) >= 11 is 0. The largest absolute Gasteiger partial charge is 0.382 e. The topological polar surface area (TPSA) is 111 Å². The maximum absolute atomic E-state index is 12.8. The molecule has 4 N–H and O–H groups in total. The quantitative estimate of drug-likeness (QED) is 0.842. The summed E-state index contributed by atoms with van der Waals surface area (Å²) in [5, 5.41) is 0. The first kappa shape index (κ1) is 17.5. The van der Waals surface area contributed by atoms with E-state index in [1.165, 1.54) is 5.56 Å². The molecule has 8 nitrogen and oxygen atoms in total. The minimum atomic E-state index is 0.0293. The van der Waals surface area contributed by atoms with E-state index >= 15 is 0 Å². The Morgan fingerprint density at radius 3 is 2.70 bits per heavy atom. The maximum atomic E-state index is 12.8. The minimum Gasteiger partial charge on any atom is -0.382 e. The van der Waals surface area contributed by atoms with Gasteiger partial charge in [-0.05, 0) is 36.5 Å². The number of nitrogens with zero attached hydrogens (tertiary/aromatic N) is 4. The third kappa shape index (κ3) is 3.66. The Balaban J connectivity index is 1.49. The third-order valence-electron chi connectivity index (χ3n) is 5.25. The number of aromatic nitrogens is 2. The van der Waals surface area contributed by atoms with Gasteiger partial charge in [-0.1, -0.05) is 12.1 Å². The van der Waals surface area contributed by atoms with Crippen molar-refractivity contribution in [1.82, 2.24) is 9.97 Å². The molecule has 1 aromatic heterocycles. The molecule has 4 rings (SSSR count). The van der Waals surface area contributed by atoms with Crippen LogP contribution in [0.2, 0.25) is 0 Å². The van der Waals surface area contributed by atoms with Crippen molar-refractivity contribution in [3.8, 4) is 0 Å². The molecule has 1 amide bonds. The van der Waals surface area contributed by atoms with Gasteiger partial charge in [0.25, 0.3) is 0 Å². The first-order valence-corrected chi connectivity index (χ1v) is 9.23. The van der Waals surface area contributed by atoms with Crippen molar-refractivity contribution < 1.29 is 9.53 Å². The van der Waals surface area contributed by atoms with Crippen LogP contribution in [0.15, 0.2) is 30.5 Å². The van der Waals surface area contributed by atoms with E-state index in [4.69, 9.17) is 16.2 Å². The molecule has 142 valence electrons. The van der Waals surface area contributed by atoms with Gasteiger partial charge in [0.15, 0.2) is 5.82 Å². The average Bonchev–Trinajstić information content (AvgIpc) is 2.69. The van der Waals surface area contributed by atoms with Crippen LogP contribution in [0.4, 0.5) is 23.1 Å². The molecule has 3 heterocycles. The van der Waals surface area contributed by atoms with Crippen molar-refractivity contribution in [2.24, 2.45) is 0 Å². The Hall–Kier alpha value is -2.87. The Labute approximate surface area is 158 Å². The number of rotatable bonds is 3. The highest BCUT2D eigenvalue weighted by Gasteiger charge is 2.27. The highest BCUT2D eigenvalue weighted by atomic mass is 16.5. The zero-order valence-corrected chi connectivity index (χ0v) is 15.2. The summed E-state index contributed by atoms with van der Waals surface area (Å²) in [4.78, 5) is 24.5. The lowest BCUT2D eigenvalue weighted by Gasteiger charge is -2.36. The van der Waals surface area contributed by atoms with Crippen molar-refractivity contribution in [3.63, 3.8) is 0 Å². The second-order valence-corrected chi connectivity index (χ2v) is 6.95. The van der Waals surface area contributed by atoms with Crippen molar-refractivity contribution in [1.29, 1.82) is 0 Å². The summed E-state index contributed by atoms with van der Waals surface area (Å²) < 4.78 is 5.46. The number of amides is 1. The molecule has 0 spiro atoms. The normalized spacial score (nSPS) is 18.7. The van der Waals surface area contributed by atoms with Gasteiger partial charge in [-0.2, -0.15) is 4.98 Å². The Morgan fingerprint density at radius 2 is 1.96 bits per heavy atom. The van der Waals surface area contributed by atoms with Crippen LogP contribution in [0.3, 0.4) is 0 Å². The summed E-state index contributed by atoms with van der Waals surface area (Å²) in [5.41, 5.74) is 14.4. The molecule has 0 saturated carbocycles. The van der Waals surface area contributed by atoms with Crippen molar-refractivity contribution in [2.75, 3.05) is 54.1 Å². The van der Waals surface area contributed by atoms with E-state index in [-0.39, 0.29) is 18.4 Å². The monoisotopic (exact) mass is 368 g/mol. The SMILES string of the molecule is Nc1ncc(N2CCN(c3cccc(C4CCOCC4)c3)C(=O)C2)c(N)n1. The highest BCUT2D eigenvalue weighted by molar-refractivity contribution is 5.98. The lowest BCUT2D eigenvalue weighted by molar-refractivity contribution is -0.117. The van der Waals surface area contributed by atoms with Gasteiger partial charge in [-0.3, -0.25) is 4.79 Å². The molecule has 8 heteroatoms. The lowest BCUT2D eigenvalue weighted by atomic mass is 9.91. The standard InChI is InChI=1S/C19H24N6O2/c20-18-16(11-22-19(21)23-18)24-6-7-25(17(26)12-24)15-3-1-2-14(10-15)13-4-8-27-9-5-13/h1-3,10-11,13H,4-9,12H2,(H4,20,21,22,23). The number of nitrogens with two attached hydrogens (primary N) is 2. The van der Waals surface area contributed by atoms with Gasteiger partial charge in [0, 0.05) is 32.0 Å². The molecule has 2 saturated heterocycles. The van der Waals surface area contributed by atoms with E-state index in [1.54, 1.807) is 6.20 Å². The number of carbonyl (C=O) groups excluding carboxylic acids is 1. The number of ether oxygens (including phenoxy) is 1. The summed E-state index contributed by atoms with van der Waals surface area (Å²) in [6.45, 7) is 3.08. The molecule has 0 radical (unpaired) electrons. The zero-order chi connectivity index (χ0) is 18.8. The Bertz CT molecular complexity index is 837. The molecular formula is C19H24N6O2. The van der Waals surface area contributed by atoms with Gasteiger partial charge in [0.05, 0.1) is 18.4 Å². The molecule has 2 aliphatic heterocycles. The van der Waals surface area contributed by atoms with Crippen LogP contribution in [0, 0.1) is 0 Å². The zero-order valence-electron chi connectivity index (χ0n) is 15.2. The molecular weight excluding hydrogens is 344 g/mol. The van der Waals surface area contributed by atoms with Crippen molar-refractivity contribution in [3.05, 3.63) is 36.0 Å². The van der Waals surface area contributed by atoms with Gasteiger partial charge < -0.3 is 26.0 Å². The number of benzene rings is 1. The first-order valence-electron chi connectivity index (χ1n) is 9.23. The van der Waals surface area contributed by atoms with E-state index in [0.717, 1.165) is 31.7 Å². The summed E-state index contributed by atoms with van der Waals surface area (Å²) in [7, 11) is 0. The van der Waals surface area contributed by atoms with E-state index < -0.39 is 0 Å². The van der Waals surface area contributed by atoms with Crippen LogP contribution < -0.4 is 21.3 Å². The van der Waals surface area contributed by atoms with E-state index in [1.807, 2.05) is 21.9 Å². The maximum Gasteiger partial charge on any atom is 0.246 e. The third-order valence-corrected chi connectivity index (χ3v) is 5.25. The highest BCUT2D eigenvalue weighted by Crippen LogP contribution is 2.30. The fraction of sp³-hybridized carbons (Fsp3) is 0.421. The second kappa shape index (κ2) is 7.40. The summed E-state index contributed by atoms with van der Waals surface area (Å²) in [5.74, 6) is 0.958. The van der Waals surface area contributed by atoms with Gasteiger partial charge >= 0.3 is 0 Å². The lowest BCUT2D eigenvalue weighted by Crippen LogP contribution is -2.51. The Kier molecular flexibility index (Phi) is 4.81. The van der Waals surface area contributed by atoms with Crippen LogP contribution in [0.25, 0.3) is 0 Å².